The number of aliphatic hydroxyl groups excluding tert-OH is 1. The quantitative estimate of drug-likeness (QED) is 0.672. The fourth-order valence-electron chi connectivity index (χ4n) is 1.82. The Kier molecular flexibility index (Phi) is 5.37. The number of aliphatic hydroxyl groups is 1. The van der Waals surface area contributed by atoms with Crippen molar-refractivity contribution in [2.45, 2.75) is 6.10 Å². The molecule has 0 saturated carbocycles. The van der Waals surface area contributed by atoms with E-state index in [1.165, 1.54) is 7.11 Å². The van der Waals surface area contributed by atoms with Gasteiger partial charge in [-0.25, -0.2) is 0 Å². The molecule has 0 fully saturated rings. The lowest BCUT2D eigenvalue weighted by atomic mass is 10.0. The Labute approximate surface area is 143 Å². The number of benzene rings is 2. The molecule has 1 N–H and O–H groups in total. The van der Waals surface area contributed by atoms with E-state index in [4.69, 9.17) is 27.9 Å². The summed E-state index contributed by atoms with van der Waals surface area (Å²) >= 11 is 19.0. The normalized spacial score (nSPS) is 12.3. The zero-order valence-electron chi connectivity index (χ0n) is 10.3. The van der Waals surface area contributed by atoms with Gasteiger partial charge in [0.05, 0.1) is 17.2 Å². The van der Waals surface area contributed by atoms with Gasteiger partial charge >= 0.3 is 0 Å². The van der Waals surface area contributed by atoms with E-state index < -0.39 is 6.10 Å². The van der Waals surface area contributed by atoms with Crippen molar-refractivity contribution < 1.29 is 9.84 Å². The van der Waals surface area contributed by atoms with Crippen molar-refractivity contribution in [1.29, 1.82) is 0 Å². The maximum atomic E-state index is 10.5. The zero-order valence-corrected chi connectivity index (χ0v) is 15.0. The monoisotopic (exact) mass is 438 g/mol. The SMILES string of the molecule is COc1cc(Cl)c(C(O)c2cc(Br)cc(Br)c2)cc1Cl. The maximum Gasteiger partial charge on any atom is 0.138 e. The average molecular weight is 441 g/mol. The molecule has 0 aliphatic heterocycles. The highest BCUT2D eigenvalue weighted by Gasteiger charge is 2.17. The van der Waals surface area contributed by atoms with Crippen molar-refractivity contribution in [2.24, 2.45) is 0 Å². The third-order valence-corrected chi connectivity index (χ3v) is 4.30. The topological polar surface area (TPSA) is 29.5 Å². The Bertz CT molecular complexity index is 627. The summed E-state index contributed by atoms with van der Waals surface area (Å²) in [5.74, 6) is 0.475. The predicted octanol–water partition coefficient (Wildman–Crippen LogP) is 5.61. The molecule has 20 heavy (non-hydrogen) atoms. The van der Waals surface area contributed by atoms with Crippen LogP contribution < -0.4 is 4.74 Å². The van der Waals surface area contributed by atoms with Gasteiger partial charge < -0.3 is 9.84 Å². The van der Waals surface area contributed by atoms with Crippen molar-refractivity contribution in [2.75, 3.05) is 7.11 Å². The molecule has 1 unspecified atom stereocenters. The Morgan fingerprint density at radius 2 is 1.60 bits per heavy atom. The van der Waals surface area contributed by atoms with Crippen LogP contribution in [0.25, 0.3) is 0 Å². The van der Waals surface area contributed by atoms with Crippen LogP contribution in [0.1, 0.15) is 17.2 Å². The summed E-state index contributed by atoms with van der Waals surface area (Å²) < 4.78 is 6.81. The molecule has 2 nitrogen and oxygen atoms in total. The first kappa shape index (κ1) is 16.1. The minimum atomic E-state index is -0.875. The van der Waals surface area contributed by atoms with Crippen LogP contribution in [-0.2, 0) is 0 Å². The molecule has 6 heteroatoms. The number of ether oxygens (including phenoxy) is 1. The summed E-state index contributed by atoms with van der Waals surface area (Å²) in [4.78, 5) is 0. The molecule has 2 aromatic rings. The van der Waals surface area contributed by atoms with Crippen LogP contribution >= 0.6 is 55.1 Å². The molecule has 0 aliphatic carbocycles. The molecule has 0 bridgehead atoms. The predicted molar refractivity (Wildman–Crippen MR) is 88.9 cm³/mol. The molecule has 0 amide bonds. The highest BCUT2D eigenvalue weighted by atomic mass is 79.9. The van der Waals surface area contributed by atoms with E-state index in [0.717, 1.165) is 8.95 Å². The van der Waals surface area contributed by atoms with Gasteiger partial charge in [0.15, 0.2) is 0 Å². The highest BCUT2D eigenvalue weighted by Crippen LogP contribution is 2.37. The van der Waals surface area contributed by atoms with E-state index in [1.807, 2.05) is 18.2 Å². The Morgan fingerprint density at radius 3 is 2.15 bits per heavy atom. The first-order valence-corrected chi connectivity index (χ1v) is 7.93. The Morgan fingerprint density at radius 1 is 1.00 bits per heavy atom. The second-order valence-corrected chi connectivity index (χ2v) is 6.76. The number of hydrogen-bond acceptors (Lipinski definition) is 2. The van der Waals surface area contributed by atoms with E-state index in [-0.39, 0.29) is 0 Å². The second kappa shape index (κ2) is 6.67. The van der Waals surface area contributed by atoms with Gasteiger partial charge in [-0.05, 0) is 29.8 Å². The molecule has 0 radical (unpaired) electrons. The summed E-state index contributed by atoms with van der Waals surface area (Å²) in [6.45, 7) is 0. The van der Waals surface area contributed by atoms with Crippen molar-refractivity contribution in [3.05, 3.63) is 60.4 Å². The molecular formula is C14H10Br2Cl2O2. The first-order chi connectivity index (χ1) is 9.42. The fourth-order valence-corrected chi connectivity index (χ4v) is 3.66. The minimum Gasteiger partial charge on any atom is -0.495 e. The summed E-state index contributed by atoms with van der Waals surface area (Å²) in [6.07, 6.45) is -0.875. The second-order valence-electron chi connectivity index (χ2n) is 4.11. The van der Waals surface area contributed by atoms with Crippen molar-refractivity contribution in [3.63, 3.8) is 0 Å². The zero-order chi connectivity index (χ0) is 14.9. The van der Waals surface area contributed by atoms with Gasteiger partial charge in [0.25, 0.3) is 0 Å². The average Bonchev–Trinajstić information content (AvgIpc) is 2.39. The molecular weight excluding hydrogens is 431 g/mol. The summed E-state index contributed by atoms with van der Waals surface area (Å²) in [6, 6.07) is 8.74. The van der Waals surface area contributed by atoms with Crippen LogP contribution in [0.5, 0.6) is 5.75 Å². The van der Waals surface area contributed by atoms with Crippen molar-refractivity contribution in [1.82, 2.24) is 0 Å². The number of hydrogen-bond donors (Lipinski definition) is 1. The maximum absolute atomic E-state index is 10.5. The van der Waals surface area contributed by atoms with Crippen LogP contribution in [0.15, 0.2) is 39.3 Å². The van der Waals surface area contributed by atoms with Gasteiger partial charge in [0.1, 0.15) is 11.9 Å². The van der Waals surface area contributed by atoms with Crippen LogP contribution in [0, 0.1) is 0 Å². The van der Waals surface area contributed by atoms with Crippen LogP contribution in [0.2, 0.25) is 10.0 Å². The van der Waals surface area contributed by atoms with E-state index in [9.17, 15) is 5.11 Å². The molecule has 2 rings (SSSR count). The Balaban J connectivity index is 2.47. The van der Waals surface area contributed by atoms with Gasteiger partial charge in [-0.15, -0.1) is 0 Å². The molecule has 106 valence electrons. The number of methoxy groups -OCH3 is 1. The summed E-state index contributed by atoms with van der Waals surface area (Å²) in [5.41, 5.74) is 1.23. The molecule has 0 spiro atoms. The van der Waals surface area contributed by atoms with E-state index in [1.54, 1.807) is 12.1 Å². The molecule has 0 aromatic heterocycles. The number of halogens is 4. The fraction of sp³-hybridized carbons (Fsp3) is 0.143. The smallest absolute Gasteiger partial charge is 0.138 e. The molecule has 0 aliphatic rings. The lowest BCUT2D eigenvalue weighted by Gasteiger charge is -2.16. The van der Waals surface area contributed by atoms with Crippen molar-refractivity contribution >= 4 is 55.1 Å². The molecule has 2 aromatic carbocycles. The molecule has 0 heterocycles. The van der Waals surface area contributed by atoms with Gasteiger partial charge in [-0.3, -0.25) is 0 Å². The summed E-state index contributed by atoms with van der Waals surface area (Å²) in [5, 5.41) is 11.3. The number of rotatable bonds is 3. The third kappa shape index (κ3) is 3.49. The van der Waals surface area contributed by atoms with Crippen LogP contribution in [0.4, 0.5) is 0 Å². The highest BCUT2D eigenvalue weighted by molar-refractivity contribution is 9.11. The van der Waals surface area contributed by atoms with Crippen molar-refractivity contribution in [3.8, 4) is 5.75 Å². The van der Waals surface area contributed by atoms with E-state index in [0.29, 0.717) is 26.9 Å². The molecule has 0 saturated heterocycles. The van der Waals surface area contributed by atoms with Gasteiger partial charge in [-0.1, -0.05) is 55.1 Å². The molecule has 1 atom stereocenters. The van der Waals surface area contributed by atoms with Crippen LogP contribution in [0.3, 0.4) is 0 Å². The van der Waals surface area contributed by atoms with Gasteiger partial charge in [-0.2, -0.15) is 0 Å². The largest absolute Gasteiger partial charge is 0.495 e. The van der Waals surface area contributed by atoms with Gasteiger partial charge in [0, 0.05) is 20.6 Å². The Hall–Kier alpha value is -0.260. The minimum absolute atomic E-state index is 0.398. The standard InChI is InChI=1S/C14H10Br2Cl2O2/c1-20-13-6-11(17)10(5-12(13)18)14(19)7-2-8(15)4-9(16)3-7/h2-6,14,19H,1H3. The summed E-state index contributed by atoms with van der Waals surface area (Å²) in [7, 11) is 1.51. The lowest BCUT2D eigenvalue weighted by Crippen LogP contribution is -2.01. The van der Waals surface area contributed by atoms with E-state index in [2.05, 4.69) is 31.9 Å². The third-order valence-electron chi connectivity index (χ3n) is 2.77. The lowest BCUT2D eigenvalue weighted by molar-refractivity contribution is 0.220. The first-order valence-electron chi connectivity index (χ1n) is 5.59. The van der Waals surface area contributed by atoms with Gasteiger partial charge in [0.2, 0.25) is 0 Å². The van der Waals surface area contributed by atoms with Crippen LogP contribution in [-0.4, -0.2) is 12.2 Å². The van der Waals surface area contributed by atoms with E-state index >= 15 is 0 Å².